The van der Waals surface area contributed by atoms with E-state index in [0.717, 1.165) is 19.6 Å². The van der Waals surface area contributed by atoms with Gasteiger partial charge in [-0.3, -0.25) is 9.69 Å². The van der Waals surface area contributed by atoms with E-state index in [-0.39, 0.29) is 5.91 Å². The summed E-state index contributed by atoms with van der Waals surface area (Å²) in [5.74, 6) is 0.102. The van der Waals surface area contributed by atoms with Crippen LogP contribution in [0.3, 0.4) is 0 Å². The summed E-state index contributed by atoms with van der Waals surface area (Å²) < 4.78 is 0. The zero-order valence-electron chi connectivity index (χ0n) is 13.5. The van der Waals surface area contributed by atoms with Crippen molar-refractivity contribution in [3.05, 3.63) is 0 Å². The van der Waals surface area contributed by atoms with Gasteiger partial charge in [0.05, 0.1) is 6.54 Å². The van der Waals surface area contributed by atoms with Gasteiger partial charge < -0.3 is 15.5 Å². The second-order valence-electron chi connectivity index (χ2n) is 5.77. The number of nitrogens with one attached hydrogen (secondary N) is 2. The molecule has 0 aliphatic rings. The average molecular weight is 272 g/mol. The highest BCUT2D eigenvalue weighted by molar-refractivity contribution is 5.77. The molecule has 0 rings (SSSR count). The molecule has 5 nitrogen and oxygen atoms in total. The van der Waals surface area contributed by atoms with Gasteiger partial charge in [0.25, 0.3) is 0 Å². The third-order valence-corrected chi connectivity index (χ3v) is 3.14. The Kier molecular flexibility index (Phi) is 9.83. The van der Waals surface area contributed by atoms with Gasteiger partial charge in [-0.2, -0.15) is 0 Å². The maximum Gasteiger partial charge on any atom is 0.234 e. The molecule has 0 atom stereocenters. The highest BCUT2D eigenvalue weighted by atomic mass is 16.2. The first-order chi connectivity index (χ1) is 8.82. The molecule has 19 heavy (non-hydrogen) atoms. The van der Waals surface area contributed by atoms with E-state index in [4.69, 9.17) is 0 Å². The molecule has 2 N–H and O–H groups in total. The number of carbonyl (C=O) groups excluding carboxylic acids is 1. The highest BCUT2D eigenvalue weighted by Gasteiger charge is 2.08. The average Bonchev–Trinajstić information content (AvgIpc) is 2.28. The summed E-state index contributed by atoms with van der Waals surface area (Å²) in [6.07, 6.45) is 0. The second-order valence-corrected chi connectivity index (χ2v) is 5.77. The monoisotopic (exact) mass is 272 g/mol. The van der Waals surface area contributed by atoms with Gasteiger partial charge in [0.15, 0.2) is 0 Å². The lowest BCUT2D eigenvalue weighted by Gasteiger charge is -2.21. The Morgan fingerprint density at radius 1 is 1.05 bits per heavy atom. The van der Waals surface area contributed by atoms with E-state index in [1.165, 1.54) is 0 Å². The SMILES string of the molecule is CC(C)NCCN(C)CCNC(=O)CN(C)C(C)C. The number of likely N-dealkylation sites (N-methyl/N-ethyl adjacent to an activating group) is 2. The molecular formula is C14H32N4O. The lowest BCUT2D eigenvalue weighted by atomic mass is 10.3. The molecule has 0 aromatic heterocycles. The zero-order chi connectivity index (χ0) is 14.8. The van der Waals surface area contributed by atoms with Gasteiger partial charge in [0.2, 0.25) is 5.91 Å². The molecule has 0 aromatic rings. The minimum Gasteiger partial charge on any atom is -0.354 e. The molecule has 0 radical (unpaired) electrons. The summed E-state index contributed by atoms with van der Waals surface area (Å²) in [4.78, 5) is 15.9. The molecule has 0 aliphatic carbocycles. The first kappa shape index (κ1) is 18.4. The highest BCUT2D eigenvalue weighted by Crippen LogP contribution is 1.91. The standard InChI is InChI=1S/C14H32N4O/c1-12(2)15-7-9-17(5)10-8-16-14(19)11-18(6)13(3)4/h12-13,15H,7-11H2,1-6H3,(H,16,19). The lowest BCUT2D eigenvalue weighted by Crippen LogP contribution is -2.41. The molecule has 114 valence electrons. The normalized spacial score (nSPS) is 11.9. The van der Waals surface area contributed by atoms with Crippen molar-refractivity contribution in [1.29, 1.82) is 0 Å². The third-order valence-electron chi connectivity index (χ3n) is 3.14. The zero-order valence-corrected chi connectivity index (χ0v) is 13.5. The van der Waals surface area contributed by atoms with Crippen molar-refractivity contribution < 1.29 is 4.79 Å². The van der Waals surface area contributed by atoms with Crippen LogP contribution >= 0.6 is 0 Å². The van der Waals surface area contributed by atoms with E-state index >= 15 is 0 Å². The molecule has 5 heteroatoms. The maximum absolute atomic E-state index is 11.7. The van der Waals surface area contributed by atoms with Gasteiger partial charge in [-0.25, -0.2) is 0 Å². The fraction of sp³-hybridized carbons (Fsp3) is 0.929. The number of carbonyl (C=O) groups is 1. The Morgan fingerprint density at radius 2 is 1.63 bits per heavy atom. The Bertz CT molecular complexity index is 244. The largest absolute Gasteiger partial charge is 0.354 e. The van der Waals surface area contributed by atoms with Crippen molar-refractivity contribution in [2.24, 2.45) is 0 Å². The quantitative estimate of drug-likeness (QED) is 0.603. The summed E-state index contributed by atoms with van der Waals surface area (Å²) in [5, 5.41) is 6.33. The molecule has 0 spiro atoms. The molecule has 0 saturated heterocycles. The Labute approximate surface area is 118 Å². The van der Waals surface area contributed by atoms with E-state index < -0.39 is 0 Å². The van der Waals surface area contributed by atoms with Crippen LogP contribution in [0.15, 0.2) is 0 Å². The maximum atomic E-state index is 11.7. The molecule has 1 amide bonds. The van der Waals surface area contributed by atoms with Gasteiger partial charge in [-0.05, 0) is 27.9 Å². The van der Waals surface area contributed by atoms with Crippen LogP contribution in [0.2, 0.25) is 0 Å². The van der Waals surface area contributed by atoms with Crippen LogP contribution in [0.25, 0.3) is 0 Å². The van der Waals surface area contributed by atoms with E-state index in [9.17, 15) is 4.79 Å². The van der Waals surface area contributed by atoms with Gasteiger partial charge in [-0.15, -0.1) is 0 Å². The predicted molar refractivity (Wildman–Crippen MR) is 81.4 cm³/mol. The summed E-state index contributed by atoms with van der Waals surface area (Å²) in [7, 11) is 4.04. The molecule has 0 aromatic carbocycles. The second kappa shape index (κ2) is 10.2. The molecule has 0 bridgehead atoms. The van der Waals surface area contributed by atoms with Crippen molar-refractivity contribution in [3.63, 3.8) is 0 Å². The molecule has 0 heterocycles. The van der Waals surface area contributed by atoms with Crippen LogP contribution in [-0.2, 0) is 4.79 Å². The van der Waals surface area contributed by atoms with Gasteiger partial charge in [0, 0.05) is 38.3 Å². The first-order valence-corrected chi connectivity index (χ1v) is 7.21. The van der Waals surface area contributed by atoms with E-state index in [1.54, 1.807) is 0 Å². The van der Waals surface area contributed by atoms with Crippen LogP contribution in [0.5, 0.6) is 0 Å². The summed E-state index contributed by atoms with van der Waals surface area (Å²) in [5.41, 5.74) is 0. The van der Waals surface area contributed by atoms with Crippen molar-refractivity contribution in [2.45, 2.75) is 39.8 Å². The number of rotatable bonds is 10. The van der Waals surface area contributed by atoms with E-state index in [0.29, 0.717) is 25.2 Å². The van der Waals surface area contributed by atoms with Crippen molar-refractivity contribution >= 4 is 5.91 Å². The van der Waals surface area contributed by atoms with Gasteiger partial charge in [0.1, 0.15) is 0 Å². The van der Waals surface area contributed by atoms with Crippen molar-refractivity contribution in [2.75, 3.05) is 46.8 Å². The molecule has 0 saturated carbocycles. The van der Waals surface area contributed by atoms with Crippen LogP contribution in [-0.4, -0.2) is 74.6 Å². The predicted octanol–water partition coefficient (Wildman–Crippen LogP) is 0.373. The lowest BCUT2D eigenvalue weighted by molar-refractivity contribution is -0.122. The number of amides is 1. The molecule has 0 aliphatic heterocycles. The van der Waals surface area contributed by atoms with Crippen molar-refractivity contribution in [1.82, 2.24) is 20.4 Å². The summed E-state index contributed by atoms with van der Waals surface area (Å²) in [6.45, 7) is 12.5. The smallest absolute Gasteiger partial charge is 0.234 e. The van der Waals surface area contributed by atoms with E-state index in [1.807, 2.05) is 11.9 Å². The number of hydrogen-bond donors (Lipinski definition) is 2. The molecule has 0 fully saturated rings. The number of hydrogen-bond acceptors (Lipinski definition) is 4. The minimum atomic E-state index is 0.102. The van der Waals surface area contributed by atoms with Crippen LogP contribution in [0.4, 0.5) is 0 Å². The summed E-state index contributed by atoms with van der Waals surface area (Å²) >= 11 is 0. The van der Waals surface area contributed by atoms with Crippen LogP contribution in [0, 0.1) is 0 Å². The van der Waals surface area contributed by atoms with Crippen molar-refractivity contribution in [3.8, 4) is 0 Å². The fourth-order valence-corrected chi connectivity index (χ4v) is 1.51. The Hall–Kier alpha value is -0.650. The molecular weight excluding hydrogens is 240 g/mol. The fourth-order valence-electron chi connectivity index (χ4n) is 1.51. The van der Waals surface area contributed by atoms with Crippen LogP contribution < -0.4 is 10.6 Å². The topological polar surface area (TPSA) is 47.6 Å². The summed E-state index contributed by atoms with van der Waals surface area (Å²) in [6, 6.07) is 0.926. The molecule has 0 unspecified atom stereocenters. The Morgan fingerprint density at radius 3 is 2.16 bits per heavy atom. The minimum absolute atomic E-state index is 0.102. The third kappa shape index (κ3) is 10.9. The Balaban J connectivity index is 3.58. The van der Waals surface area contributed by atoms with Gasteiger partial charge in [-0.1, -0.05) is 13.8 Å². The van der Waals surface area contributed by atoms with E-state index in [2.05, 4.69) is 50.3 Å². The first-order valence-electron chi connectivity index (χ1n) is 7.21. The van der Waals surface area contributed by atoms with Gasteiger partial charge >= 0.3 is 0 Å². The van der Waals surface area contributed by atoms with Crippen LogP contribution in [0.1, 0.15) is 27.7 Å². The number of nitrogens with zero attached hydrogens (tertiary/aromatic N) is 2.